The first-order valence-corrected chi connectivity index (χ1v) is 3.02. The van der Waals surface area contributed by atoms with E-state index in [4.69, 9.17) is 5.21 Å². The summed E-state index contributed by atoms with van der Waals surface area (Å²) >= 11 is 0. The van der Waals surface area contributed by atoms with E-state index >= 15 is 0 Å². The summed E-state index contributed by atoms with van der Waals surface area (Å²) in [5.41, 5.74) is -0.996. The van der Waals surface area contributed by atoms with Crippen molar-refractivity contribution >= 4 is 5.82 Å². The lowest BCUT2D eigenvalue weighted by atomic mass is 10.3. The van der Waals surface area contributed by atoms with Crippen LogP contribution < -0.4 is 11.2 Å². The predicted octanol–water partition coefficient (Wildman–Crippen LogP) is 0.590. The lowest BCUT2D eigenvalue weighted by Crippen LogP contribution is -2.18. The summed E-state index contributed by atoms with van der Waals surface area (Å²) in [4.78, 5) is 15.0. The number of H-pyrrole nitrogens is 1. The Bertz CT molecular complexity index is 359. The number of alkyl halides is 3. The number of aromatic nitrogens is 2. The standard InChI is InChI=1S/C5H4F3N3O2/c6-5(7,8)2-1-9-4(12)10-3(2)11-13/h1,13H,(H2,9,10,11,12). The molecule has 0 atom stereocenters. The largest absolute Gasteiger partial charge is 0.421 e. The maximum Gasteiger partial charge on any atom is 0.421 e. The second-order valence-corrected chi connectivity index (χ2v) is 2.09. The Hall–Kier alpha value is -1.57. The summed E-state index contributed by atoms with van der Waals surface area (Å²) in [7, 11) is 0. The Balaban J connectivity index is 3.30. The Morgan fingerprint density at radius 1 is 1.54 bits per heavy atom. The molecule has 0 saturated heterocycles. The van der Waals surface area contributed by atoms with E-state index in [2.05, 4.69) is 4.98 Å². The molecular weight excluding hydrogens is 191 g/mol. The molecule has 1 heterocycles. The third kappa shape index (κ3) is 1.96. The first kappa shape index (κ1) is 9.52. The normalized spacial score (nSPS) is 11.4. The summed E-state index contributed by atoms with van der Waals surface area (Å²) in [5.74, 6) is -0.826. The number of hydrogen-bond acceptors (Lipinski definition) is 4. The molecule has 3 N–H and O–H groups in total. The number of hydrogen-bond donors (Lipinski definition) is 3. The van der Waals surface area contributed by atoms with Crippen molar-refractivity contribution in [3.05, 3.63) is 22.2 Å². The van der Waals surface area contributed by atoms with Crippen LogP contribution in [0, 0.1) is 0 Å². The molecule has 0 fully saturated rings. The molecule has 0 amide bonds. The molecule has 0 radical (unpaired) electrons. The van der Waals surface area contributed by atoms with Crippen LogP contribution in [0.5, 0.6) is 0 Å². The van der Waals surface area contributed by atoms with E-state index in [-0.39, 0.29) is 0 Å². The predicted molar refractivity (Wildman–Crippen MR) is 35.3 cm³/mol. The highest BCUT2D eigenvalue weighted by molar-refractivity contribution is 5.41. The number of nitrogens with zero attached hydrogens (tertiary/aromatic N) is 1. The Labute approximate surface area is 69.2 Å². The number of rotatable bonds is 1. The smallest absolute Gasteiger partial charge is 0.290 e. The highest BCUT2D eigenvalue weighted by atomic mass is 19.4. The minimum Gasteiger partial charge on any atom is -0.290 e. The van der Waals surface area contributed by atoms with E-state index in [1.54, 1.807) is 4.98 Å². The maximum absolute atomic E-state index is 12.1. The average Bonchev–Trinajstić information content (AvgIpc) is 2.01. The van der Waals surface area contributed by atoms with Gasteiger partial charge in [-0.05, 0) is 0 Å². The quantitative estimate of drug-likeness (QED) is 0.573. The van der Waals surface area contributed by atoms with Crippen molar-refractivity contribution < 1.29 is 18.4 Å². The van der Waals surface area contributed by atoms with Crippen molar-refractivity contribution in [2.24, 2.45) is 0 Å². The molecule has 5 nitrogen and oxygen atoms in total. The van der Waals surface area contributed by atoms with Gasteiger partial charge in [-0.3, -0.25) is 15.7 Å². The monoisotopic (exact) mass is 195 g/mol. The van der Waals surface area contributed by atoms with Crippen molar-refractivity contribution in [2.75, 3.05) is 5.48 Å². The van der Waals surface area contributed by atoms with Crippen LogP contribution >= 0.6 is 0 Å². The van der Waals surface area contributed by atoms with E-state index in [1.165, 1.54) is 5.48 Å². The molecule has 0 aromatic carbocycles. The van der Waals surface area contributed by atoms with Crippen molar-refractivity contribution in [2.45, 2.75) is 6.18 Å². The van der Waals surface area contributed by atoms with E-state index in [1.807, 2.05) is 0 Å². The molecule has 0 spiro atoms. The minimum absolute atomic E-state index is 0.331. The van der Waals surface area contributed by atoms with Gasteiger partial charge in [-0.25, -0.2) is 9.78 Å². The molecule has 0 unspecified atom stereocenters. The zero-order chi connectivity index (χ0) is 10.1. The Kier molecular flexibility index (Phi) is 2.24. The molecule has 1 aromatic heterocycles. The SMILES string of the molecule is O=c1ncc(C(F)(F)F)c(NO)[nH]1. The fraction of sp³-hybridized carbons (Fsp3) is 0.200. The van der Waals surface area contributed by atoms with Crippen molar-refractivity contribution in [3.63, 3.8) is 0 Å². The van der Waals surface area contributed by atoms with Crippen molar-refractivity contribution in [1.82, 2.24) is 9.97 Å². The topological polar surface area (TPSA) is 78.0 Å². The van der Waals surface area contributed by atoms with E-state index in [0.717, 1.165) is 0 Å². The Morgan fingerprint density at radius 2 is 2.15 bits per heavy atom. The first-order chi connectivity index (χ1) is 5.95. The molecule has 0 aliphatic rings. The maximum atomic E-state index is 12.1. The number of aromatic amines is 1. The third-order valence-corrected chi connectivity index (χ3v) is 1.23. The molecule has 0 aliphatic heterocycles. The van der Waals surface area contributed by atoms with Crippen LogP contribution in [0.3, 0.4) is 0 Å². The van der Waals surface area contributed by atoms with E-state index < -0.39 is 23.2 Å². The van der Waals surface area contributed by atoms with Crippen LogP contribution in [-0.4, -0.2) is 15.2 Å². The van der Waals surface area contributed by atoms with E-state index in [0.29, 0.717) is 6.20 Å². The second-order valence-electron chi connectivity index (χ2n) is 2.09. The van der Waals surface area contributed by atoms with Gasteiger partial charge in [0.05, 0.1) is 0 Å². The molecule has 1 rings (SSSR count). The summed E-state index contributed by atoms with van der Waals surface area (Å²) in [6.07, 6.45) is -4.35. The van der Waals surface area contributed by atoms with Crippen molar-refractivity contribution in [1.29, 1.82) is 0 Å². The summed E-state index contributed by atoms with van der Waals surface area (Å²) < 4.78 is 36.2. The van der Waals surface area contributed by atoms with Gasteiger partial charge in [0.25, 0.3) is 0 Å². The zero-order valence-corrected chi connectivity index (χ0v) is 6.01. The molecule has 0 aliphatic carbocycles. The number of halogens is 3. The summed E-state index contributed by atoms with van der Waals surface area (Å²) in [6, 6.07) is 0. The fourth-order valence-corrected chi connectivity index (χ4v) is 0.697. The van der Waals surface area contributed by atoms with Gasteiger partial charge < -0.3 is 0 Å². The van der Waals surface area contributed by atoms with Crippen LogP contribution in [0.2, 0.25) is 0 Å². The minimum atomic E-state index is -4.68. The lowest BCUT2D eigenvalue weighted by Gasteiger charge is -2.09. The molecule has 8 heteroatoms. The van der Waals surface area contributed by atoms with Crippen LogP contribution in [-0.2, 0) is 6.18 Å². The molecular formula is C5H4F3N3O2. The van der Waals surface area contributed by atoms with Gasteiger partial charge in [-0.2, -0.15) is 13.2 Å². The van der Waals surface area contributed by atoms with Gasteiger partial charge in [-0.1, -0.05) is 0 Å². The lowest BCUT2D eigenvalue weighted by molar-refractivity contribution is -0.137. The summed E-state index contributed by atoms with van der Waals surface area (Å²) in [5, 5.41) is 8.26. The van der Waals surface area contributed by atoms with Gasteiger partial charge in [0.15, 0.2) is 0 Å². The van der Waals surface area contributed by atoms with E-state index in [9.17, 15) is 18.0 Å². The molecule has 72 valence electrons. The first-order valence-electron chi connectivity index (χ1n) is 3.02. The number of anilines is 1. The third-order valence-electron chi connectivity index (χ3n) is 1.23. The second kappa shape index (κ2) is 3.05. The number of nitrogens with one attached hydrogen (secondary N) is 2. The van der Waals surface area contributed by atoms with Gasteiger partial charge in [0.2, 0.25) is 0 Å². The zero-order valence-electron chi connectivity index (χ0n) is 6.01. The van der Waals surface area contributed by atoms with Gasteiger partial charge >= 0.3 is 11.9 Å². The molecule has 0 bridgehead atoms. The fourth-order valence-electron chi connectivity index (χ4n) is 0.697. The average molecular weight is 195 g/mol. The Morgan fingerprint density at radius 3 is 2.62 bits per heavy atom. The molecule has 0 saturated carbocycles. The van der Waals surface area contributed by atoms with Gasteiger partial charge in [0.1, 0.15) is 11.4 Å². The molecule has 1 aromatic rings. The van der Waals surface area contributed by atoms with Gasteiger partial charge in [0, 0.05) is 6.20 Å². The molecule has 13 heavy (non-hydrogen) atoms. The highest BCUT2D eigenvalue weighted by Gasteiger charge is 2.34. The van der Waals surface area contributed by atoms with Gasteiger partial charge in [-0.15, -0.1) is 0 Å². The van der Waals surface area contributed by atoms with Crippen LogP contribution in [0.1, 0.15) is 5.56 Å². The van der Waals surface area contributed by atoms with Crippen LogP contribution in [0.4, 0.5) is 19.0 Å². The van der Waals surface area contributed by atoms with Crippen LogP contribution in [0.25, 0.3) is 0 Å². The van der Waals surface area contributed by atoms with Crippen LogP contribution in [0.15, 0.2) is 11.0 Å². The summed E-state index contributed by atoms with van der Waals surface area (Å²) in [6.45, 7) is 0. The highest BCUT2D eigenvalue weighted by Crippen LogP contribution is 2.31. The van der Waals surface area contributed by atoms with Crippen molar-refractivity contribution in [3.8, 4) is 0 Å².